The van der Waals surface area contributed by atoms with Crippen molar-refractivity contribution in [1.29, 1.82) is 0 Å². The summed E-state index contributed by atoms with van der Waals surface area (Å²) >= 11 is 0. The van der Waals surface area contributed by atoms with Crippen molar-refractivity contribution in [2.75, 3.05) is 57.4 Å². The van der Waals surface area contributed by atoms with Crippen LogP contribution >= 0.6 is 0 Å². The van der Waals surface area contributed by atoms with Gasteiger partial charge in [-0.1, -0.05) is 18.2 Å². The van der Waals surface area contributed by atoms with E-state index in [1.807, 2.05) is 25.7 Å². The van der Waals surface area contributed by atoms with Crippen LogP contribution in [0.15, 0.2) is 18.2 Å². The maximum Gasteiger partial charge on any atom is 0.410 e. The second-order valence-corrected chi connectivity index (χ2v) is 8.43. The second kappa shape index (κ2) is 8.48. The Bertz CT molecular complexity index is 643. The Labute approximate surface area is 163 Å². The standard InChI is InChI=1S/C21H33N3O3/c1-17-6-5-7-18(19(17)23-12-14-26-15-13-23)16-22-8-10-24(11-9-22)20(25)27-21(2,3)4/h5-7H,8-16H2,1-4H3. The number of rotatable bonds is 3. The molecule has 1 aromatic carbocycles. The Balaban J connectivity index is 1.61. The van der Waals surface area contributed by atoms with Crippen molar-refractivity contribution >= 4 is 11.8 Å². The summed E-state index contributed by atoms with van der Waals surface area (Å²) in [5.41, 5.74) is 3.60. The maximum absolute atomic E-state index is 12.3. The molecule has 150 valence electrons. The van der Waals surface area contributed by atoms with Crippen molar-refractivity contribution < 1.29 is 14.3 Å². The van der Waals surface area contributed by atoms with Crippen molar-refractivity contribution in [2.24, 2.45) is 0 Å². The van der Waals surface area contributed by atoms with Gasteiger partial charge in [0.15, 0.2) is 0 Å². The number of benzene rings is 1. The lowest BCUT2D eigenvalue weighted by Gasteiger charge is -2.37. The predicted octanol–water partition coefficient (Wildman–Crippen LogP) is 2.88. The van der Waals surface area contributed by atoms with Gasteiger partial charge in [0.1, 0.15) is 5.60 Å². The van der Waals surface area contributed by atoms with Gasteiger partial charge in [0.25, 0.3) is 0 Å². The number of nitrogens with zero attached hydrogens (tertiary/aromatic N) is 3. The molecular weight excluding hydrogens is 342 g/mol. The van der Waals surface area contributed by atoms with Gasteiger partial charge >= 0.3 is 6.09 Å². The molecule has 0 aromatic heterocycles. The lowest BCUT2D eigenvalue weighted by atomic mass is 10.1. The van der Waals surface area contributed by atoms with Crippen molar-refractivity contribution in [3.63, 3.8) is 0 Å². The summed E-state index contributed by atoms with van der Waals surface area (Å²) in [6.07, 6.45) is -0.202. The van der Waals surface area contributed by atoms with E-state index in [1.165, 1.54) is 16.8 Å². The summed E-state index contributed by atoms with van der Waals surface area (Å²) in [4.78, 5) is 19.0. The number of aryl methyl sites for hydroxylation is 1. The van der Waals surface area contributed by atoms with Crippen LogP contribution in [0.1, 0.15) is 31.9 Å². The van der Waals surface area contributed by atoms with E-state index in [2.05, 4.69) is 34.9 Å². The number of morpholine rings is 1. The molecule has 27 heavy (non-hydrogen) atoms. The number of hydrogen-bond acceptors (Lipinski definition) is 5. The van der Waals surface area contributed by atoms with Crippen molar-refractivity contribution in [3.05, 3.63) is 29.3 Å². The third-order valence-electron chi connectivity index (χ3n) is 5.07. The van der Waals surface area contributed by atoms with Crippen LogP contribution in [0.5, 0.6) is 0 Å². The highest BCUT2D eigenvalue weighted by Gasteiger charge is 2.26. The molecule has 0 aliphatic carbocycles. The van der Waals surface area contributed by atoms with Crippen molar-refractivity contribution in [3.8, 4) is 0 Å². The molecule has 0 N–H and O–H groups in total. The molecule has 2 heterocycles. The van der Waals surface area contributed by atoms with E-state index in [0.717, 1.165) is 45.9 Å². The molecule has 1 amide bonds. The van der Waals surface area contributed by atoms with E-state index in [4.69, 9.17) is 9.47 Å². The summed E-state index contributed by atoms with van der Waals surface area (Å²) in [5.74, 6) is 0. The molecule has 0 atom stereocenters. The largest absolute Gasteiger partial charge is 0.444 e. The van der Waals surface area contributed by atoms with Crippen molar-refractivity contribution in [2.45, 2.75) is 39.8 Å². The van der Waals surface area contributed by atoms with E-state index < -0.39 is 5.60 Å². The average molecular weight is 376 g/mol. The van der Waals surface area contributed by atoms with Gasteiger partial charge in [-0.25, -0.2) is 4.79 Å². The summed E-state index contributed by atoms with van der Waals surface area (Å²) in [6.45, 7) is 15.5. The third kappa shape index (κ3) is 5.36. The number of carbonyl (C=O) groups excluding carboxylic acids is 1. The fourth-order valence-corrected chi connectivity index (χ4v) is 3.74. The molecule has 0 unspecified atom stereocenters. The Morgan fingerprint density at radius 1 is 1.07 bits per heavy atom. The van der Waals surface area contributed by atoms with E-state index in [9.17, 15) is 4.79 Å². The zero-order chi connectivity index (χ0) is 19.4. The first-order valence-electron chi connectivity index (χ1n) is 9.95. The van der Waals surface area contributed by atoms with Gasteiger partial charge < -0.3 is 19.3 Å². The molecule has 0 bridgehead atoms. The number of piperazine rings is 1. The van der Waals surface area contributed by atoms with Crippen LogP contribution in [-0.4, -0.2) is 74.0 Å². The molecule has 1 aromatic rings. The zero-order valence-corrected chi connectivity index (χ0v) is 17.2. The molecule has 2 aliphatic rings. The van der Waals surface area contributed by atoms with Crippen LogP contribution in [0.4, 0.5) is 10.5 Å². The van der Waals surface area contributed by atoms with Gasteiger partial charge in [0, 0.05) is 51.5 Å². The Kier molecular flexibility index (Phi) is 6.27. The minimum atomic E-state index is -0.442. The number of ether oxygens (including phenoxy) is 2. The van der Waals surface area contributed by atoms with Crippen LogP contribution in [0.25, 0.3) is 0 Å². The Morgan fingerprint density at radius 2 is 1.74 bits per heavy atom. The summed E-state index contributed by atoms with van der Waals surface area (Å²) in [7, 11) is 0. The van der Waals surface area contributed by atoms with Gasteiger partial charge in [-0.2, -0.15) is 0 Å². The molecule has 3 rings (SSSR count). The number of amides is 1. The lowest BCUT2D eigenvalue weighted by molar-refractivity contribution is 0.0139. The minimum absolute atomic E-state index is 0.202. The Hall–Kier alpha value is -1.79. The highest BCUT2D eigenvalue weighted by molar-refractivity contribution is 5.68. The summed E-state index contributed by atoms with van der Waals surface area (Å²) < 4.78 is 11.0. The average Bonchev–Trinajstić information content (AvgIpc) is 2.62. The predicted molar refractivity (Wildman–Crippen MR) is 107 cm³/mol. The van der Waals surface area contributed by atoms with Gasteiger partial charge in [0.05, 0.1) is 13.2 Å². The number of carbonyl (C=O) groups is 1. The fourth-order valence-electron chi connectivity index (χ4n) is 3.74. The molecule has 6 nitrogen and oxygen atoms in total. The maximum atomic E-state index is 12.3. The van der Waals surface area contributed by atoms with E-state index in [1.54, 1.807) is 0 Å². The molecule has 6 heteroatoms. The molecule has 0 radical (unpaired) electrons. The first-order chi connectivity index (χ1) is 12.8. The lowest BCUT2D eigenvalue weighted by Crippen LogP contribution is -2.49. The molecular formula is C21H33N3O3. The Morgan fingerprint density at radius 3 is 2.37 bits per heavy atom. The molecule has 2 aliphatic heterocycles. The SMILES string of the molecule is Cc1cccc(CN2CCN(C(=O)OC(C)(C)C)CC2)c1N1CCOCC1. The van der Waals surface area contributed by atoms with Crippen LogP contribution < -0.4 is 4.90 Å². The molecule has 2 fully saturated rings. The number of anilines is 1. The highest BCUT2D eigenvalue weighted by Crippen LogP contribution is 2.27. The van der Waals surface area contributed by atoms with E-state index in [-0.39, 0.29) is 6.09 Å². The monoisotopic (exact) mass is 375 g/mol. The smallest absolute Gasteiger partial charge is 0.410 e. The molecule has 2 saturated heterocycles. The van der Waals surface area contributed by atoms with Gasteiger partial charge in [-0.3, -0.25) is 4.90 Å². The van der Waals surface area contributed by atoms with Gasteiger partial charge in [-0.05, 0) is 38.8 Å². The van der Waals surface area contributed by atoms with Gasteiger partial charge in [0.2, 0.25) is 0 Å². The number of hydrogen-bond donors (Lipinski definition) is 0. The quantitative estimate of drug-likeness (QED) is 0.813. The molecule has 0 spiro atoms. The fraction of sp³-hybridized carbons (Fsp3) is 0.667. The van der Waals surface area contributed by atoms with Crippen molar-refractivity contribution in [1.82, 2.24) is 9.80 Å². The summed E-state index contributed by atoms with van der Waals surface area (Å²) in [5, 5.41) is 0. The minimum Gasteiger partial charge on any atom is -0.444 e. The molecule has 0 saturated carbocycles. The number of para-hydroxylation sites is 1. The highest BCUT2D eigenvalue weighted by atomic mass is 16.6. The van der Waals surface area contributed by atoms with Crippen LogP contribution in [0.2, 0.25) is 0 Å². The zero-order valence-electron chi connectivity index (χ0n) is 17.2. The van der Waals surface area contributed by atoms with E-state index >= 15 is 0 Å². The van der Waals surface area contributed by atoms with Crippen LogP contribution in [0.3, 0.4) is 0 Å². The first kappa shape index (κ1) is 20.0. The second-order valence-electron chi connectivity index (χ2n) is 8.43. The first-order valence-corrected chi connectivity index (χ1v) is 9.95. The normalized spacial score (nSPS) is 19.3. The van der Waals surface area contributed by atoms with Gasteiger partial charge in [-0.15, -0.1) is 0 Å². The van der Waals surface area contributed by atoms with Crippen LogP contribution in [0, 0.1) is 6.92 Å². The van der Waals surface area contributed by atoms with Crippen LogP contribution in [-0.2, 0) is 16.0 Å². The topological polar surface area (TPSA) is 45.2 Å². The summed E-state index contributed by atoms with van der Waals surface area (Å²) in [6, 6.07) is 6.57. The third-order valence-corrected chi connectivity index (χ3v) is 5.07. The van der Waals surface area contributed by atoms with E-state index in [0.29, 0.717) is 13.1 Å².